The van der Waals surface area contributed by atoms with Crippen LogP contribution in [0.3, 0.4) is 0 Å². The highest BCUT2D eigenvalue weighted by atomic mass is 19.1. The van der Waals surface area contributed by atoms with E-state index in [0.29, 0.717) is 6.54 Å². The highest BCUT2D eigenvalue weighted by Gasteiger charge is 2.14. The molecule has 0 heterocycles. The Balaban J connectivity index is 1.52. The van der Waals surface area contributed by atoms with Crippen LogP contribution >= 0.6 is 0 Å². The van der Waals surface area contributed by atoms with Gasteiger partial charge in [-0.25, -0.2) is 9.18 Å². The molecular formula is C21H21FN3O2+. The SMILES string of the molecule is C[NH+](CC(=O)NC(=O)Nc1ccccc1F)Cc1ccc2ccccc2c1. The number of urea groups is 1. The standard InChI is InChI=1S/C21H20FN3O2/c1-25(13-15-10-11-16-6-2-3-7-17(16)12-15)14-20(26)24-21(27)23-19-9-5-4-8-18(19)22/h2-12H,13-14H2,1H3,(H2,23,24,26,27)/p+1. The number of amides is 3. The van der Waals surface area contributed by atoms with Gasteiger partial charge in [0.25, 0.3) is 5.91 Å². The van der Waals surface area contributed by atoms with Gasteiger partial charge >= 0.3 is 6.03 Å². The van der Waals surface area contributed by atoms with E-state index in [0.717, 1.165) is 15.8 Å². The number of likely N-dealkylation sites (N-methyl/N-ethyl adjacent to an activating group) is 1. The zero-order valence-electron chi connectivity index (χ0n) is 15.0. The van der Waals surface area contributed by atoms with Crippen molar-refractivity contribution >= 4 is 28.4 Å². The molecule has 0 fully saturated rings. The van der Waals surface area contributed by atoms with Gasteiger partial charge in [-0.1, -0.05) is 48.5 Å². The van der Waals surface area contributed by atoms with Crippen molar-refractivity contribution in [3.05, 3.63) is 78.1 Å². The second-order valence-electron chi connectivity index (χ2n) is 6.47. The van der Waals surface area contributed by atoms with Gasteiger partial charge in [0, 0.05) is 5.56 Å². The molecule has 0 saturated heterocycles. The summed E-state index contributed by atoms with van der Waals surface area (Å²) in [7, 11) is 1.88. The zero-order chi connectivity index (χ0) is 19.2. The molecule has 0 aromatic heterocycles. The van der Waals surface area contributed by atoms with Crippen LogP contribution < -0.4 is 15.5 Å². The van der Waals surface area contributed by atoms with Crippen LogP contribution in [0.5, 0.6) is 0 Å². The lowest BCUT2D eigenvalue weighted by Crippen LogP contribution is -3.09. The number of fused-ring (bicyclic) bond motifs is 1. The van der Waals surface area contributed by atoms with Crippen LogP contribution in [-0.2, 0) is 11.3 Å². The van der Waals surface area contributed by atoms with Crippen LogP contribution in [0, 0.1) is 5.82 Å². The Morgan fingerprint density at radius 2 is 1.67 bits per heavy atom. The van der Waals surface area contributed by atoms with Gasteiger partial charge in [-0.15, -0.1) is 0 Å². The predicted octanol–water partition coefficient (Wildman–Crippen LogP) is 2.34. The number of anilines is 1. The van der Waals surface area contributed by atoms with E-state index in [2.05, 4.69) is 28.8 Å². The lowest BCUT2D eigenvalue weighted by atomic mass is 10.1. The minimum absolute atomic E-state index is 0.0275. The Hall–Kier alpha value is -3.25. The topological polar surface area (TPSA) is 62.6 Å². The molecule has 0 bridgehead atoms. The highest BCUT2D eigenvalue weighted by molar-refractivity contribution is 6.01. The van der Waals surface area contributed by atoms with E-state index in [1.807, 2.05) is 31.3 Å². The first-order chi connectivity index (χ1) is 13.0. The molecule has 0 aliphatic carbocycles. The number of carbonyl (C=O) groups excluding carboxylic acids is 2. The van der Waals surface area contributed by atoms with Crippen molar-refractivity contribution in [2.24, 2.45) is 0 Å². The third-order valence-corrected chi connectivity index (χ3v) is 4.16. The largest absolute Gasteiger partial charge is 0.326 e. The smallest absolute Gasteiger partial charge is 0.326 e. The number of rotatable bonds is 5. The molecule has 0 saturated carbocycles. The fraction of sp³-hybridized carbons (Fsp3) is 0.143. The summed E-state index contributed by atoms with van der Waals surface area (Å²) in [6.07, 6.45) is 0. The van der Waals surface area contributed by atoms with Crippen LogP contribution in [0.1, 0.15) is 5.56 Å². The number of nitrogens with one attached hydrogen (secondary N) is 3. The molecule has 0 spiro atoms. The van der Waals surface area contributed by atoms with Gasteiger partial charge < -0.3 is 10.2 Å². The van der Waals surface area contributed by atoms with Crippen molar-refractivity contribution in [2.45, 2.75) is 6.54 Å². The summed E-state index contributed by atoms with van der Waals surface area (Å²) < 4.78 is 13.5. The molecule has 138 valence electrons. The number of hydrogen-bond donors (Lipinski definition) is 3. The minimum Gasteiger partial charge on any atom is -0.326 e. The molecule has 1 unspecified atom stereocenters. The maximum Gasteiger partial charge on any atom is 0.326 e. The zero-order valence-corrected chi connectivity index (χ0v) is 15.0. The van der Waals surface area contributed by atoms with E-state index in [1.54, 1.807) is 6.07 Å². The number of halogens is 1. The highest BCUT2D eigenvalue weighted by Crippen LogP contribution is 2.15. The monoisotopic (exact) mass is 366 g/mol. The number of carbonyl (C=O) groups is 2. The predicted molar refractivity (Wildman–Crippen MR) is 103 cm³/mol. The lowest BCUT2D eigenvalue weighted by molar-refractivity contribution is -0.885. The minimum atomic E-state index is -0.747. The van der Waals surface area contributed by atoms with Crippen LogP contribution in [0.4, 0.5) is 14.9 Å². The molecule has 3 rings (SSSR count). The lowest BCUT2D eigenvalue weighted by Gasteiger charge is -2.14. The number of quaternary nitrogens is 1. The van der Waals surface area contributed by atoms with Gasteiger partial charge in [0.05, 0.1) is 12.7 Å². The summed E-state index contributed by atoms with van der Waals surface area (Å²) in [6, 6.07) is 19.3. The number of hydrogen-bond acceptors (Lipinski definition) is 2. The molecule has 27 heavy (non-hydrogen) atoms. The molecule has 3 aromatic carbocycles. The molecule has 3 amide bonds. The van der Waals surface area contributed by atoms with Crippen LogP contribution in [0.25, 0.3) is 10.8 Å². The van der Waals surface area contributed by atoms with E-state index >= 15 is 0 Å². The summed E-state index contributed by atoms with van der Waals surface area (Å²) in [4.78, 5) is 24.8. The van der Waals surface area contributed by atoms with Gasteiger partial charge in [-0.3, -0.25) is 10.1 Å². The number of imide groups is 1. The van der Waals surface area contributed by atoms with E-state index in [-0.39, 0.29) is 12.2 Å². The van der Waals surface area contributed by atoms with Crippen molar-refractivity contribution in [1.82, 2.24) is 5.32 Å². The quantitative estimate of drug-likeness (QED) is 0.649. The average Bonchev–Trinajstić information content (AvgIpc) is 2.63. The Labute approximate surface area is 156 Å². The molecule has 0 aliphatic heterocycles. The van der Waals surface area contributed by atoms with Crippen LogP contribution in [0.2, 0.25) is 0 Å². The first kappa shape index (κ1) is 18.5. The summed E-state index contributed by atoms with van der Waals surface area (Å²) in [5.41, 5.74) is 1.13. The van der Waals surface area contributed by atoms with Crippen molar-refractivity contribution in [2.75, 3.05) is 18.9 Å². The first-order valence-electron chi connectivity index (χ1n) is 8.65. The van der Waals surface area contributed by atoms with Crippen LogP contribution in [0.15, 0.2) is 66.7 Å². The number of benzene rings is 3. The second kappa shape index (κ2) is 8.42. The van der Waals surface area contributed by atoms with Crippen molar-refractivity contribution in [3.63, 3.8) is 0 Å². The first-order valence-corrected chi connectivity index (χ1v) is 8.65. The van der Waals surface area contributed by atoms with Crippen molar-refractivity contribution in [3.8, 4) is 0 Å². The third kappa shape index (κ3) is 5.12. The molecule has 3 N–H and O–H groups in total. The molecule has 6 heteroatoms. The Kier molecular flexibility index (Phi) is 5.78. The third-order valence-electron chi connectivity index (χ3n) is 4.16. The summed E-state index contributed by atoms with van der Waals surface area (Å²) in [5.74, 6) is -0.985. The summed E-state index contributed by atoms with van der Waals surface area (Å²) in [6.45, 7) is 0.769. The number of para-hydroxylation sites is 1. The Morgan fingerprint density at radius 3 is 2.44 bits per heavy atom. The Morgan fingerprint density at radius 1 is 0.963 bits per heavy atom. The van der Waals surface area contributed by atoms with Gasteiger partial charge in [0.2, 0.25) is 0 Å². The normalized spacial score (nSPS) is 11.8. The molecule has 0 radical (unpaired) electrons. The van der Waals surface area contributed by atoms with E-state index in [9.17, 15) is 14.0 Å². The fourth-order valence-electron chi connectivity index (χ4n) is 2.92. The van der Waals surface area contributed by atoms with Crippen molar-refractivity contribution in [1.29, 1.82) is 0 Å². The average molecular weight is 366 g/mol. The van der Waals surface area contributed by atoms with Crippen LogP contribution in [-0.4, -0.2) is 25.5 Å². The molecule has 0 aliphatic rings. The van der Waals surface area contributed by atoms with E-state index in [4.69, 9.17) is 0 Å². The fourth-order valence-corrected chi connectivity index (χ4v) is 2.92. The maximum atomic E-state index is 13.5. The van der Waals surface area contributed by atoms with Gasteiger partial charge in [-0.2, -0.15) is 0 Å². The summed E-state index contributed by atoms with van der Waals surface area (Å²) in [5, 5.41) is 6.87. The molecule has 3 aromatic rings. The Bertz CT molecular complexity index is 974. The molecule has 5 nitrogen and oxygen atoms in total. The maximum absolute atomic E-state index is 13.5. The second-order valence-corrected chi connectivity index (χ2v) is 6.47. The van der Waals surface area contributed by atoms with Gasteiger partial charge in [-0.05, 0) is 29.0 Å². The molecular weight excluding hydrogens is 345 g/mol. The van der Waals surface area contributed by atoms with E-state index < -0.39 is 17.8 Å². The van der Waals surface area contributed by atoms with Gasteiger partial charge in [0.15, 0.2) is 6.54 Å². The molecule has 1 atom stereocenters. The van der Waals surface area contributed by atoms with E-state index in [1.165, 1.54) is 23.6 Å². The van der Waals surface area contributed by atoms with Gasteiger partial charge in [0.1, 0.15) is 12.4 Å². The summed E-state index contributed by atoms with van der Waals surface area (Å²) >= 11 is 0. The van der Waals surface area contributed by atoms with Crippen molar-refractivity contribution < 1.29 is 18.9 Å².